The molecule has 0 radical (unpaired) electrons. The summed E-state index contributed by atoms with van der Waals surface area (Å²) < 4.78 is 19.3. The Hall–Kier alpha value is -2.01. The normalized spacial score (nSPS) is 18.6. The smallest absolute Gasteiger partial charge is 0.169 e. The van der Waals surface area contributed by atoms with Crippen LogP contribution in [0.2, 0.25) is 0 Å². The van der Waals surface area contributed by atoms with Gasteiger partial charge in [0, 0.05) is 36.5 Å². The maximum Gasteiger partial charge on any atom is 0.169 e. The summed E-state index contributed by atoms with van der Waals surface area (Å²) in [4.78, 5) is 11.1. The van der Waals surface area contributed by atoms with Crippen molar-refractivity contribution in [3.05, 3.63) is 53.4 Å². The van der Waals surface area contributed by atoms with Gasteiger partial charge in [-0.25, -0.2) is 14.4 Å². The van der Waals surface area contributed by atoms with Gasteiger partial charge < -0.3 is 4.74 Å². The fourth-order valence-electron chi connectivity index (χ4n) is 2.93. The third-order valence-corrected chi connectivity index (χ3v) is 4.11. The van der Waals surface area contributed by atoms with Gasteiger partial charge in [0.1, 0.15) is 5.82 Å². The van der Waals surface area contributed by atoms with Gasteiger partial charge in [0.25, 0.3) is 0 Å². The van der Waals surface area contributed by atoms with Crippen molar-refractivity contribution in [1.82, 2.24) is 14.9 Å². The van der Waals surface area contributed by atoms with Crippen molar-refractivity contribution in [2.24, 2.45) is 0 Å². The standard InChI is InChI=1S/C17H20FN3O/c1-12-6-8-19-17(20-12)14-7-9-21(11-14)10-13-4-3-5-15(22-2)16(13)18/h3-6,8,14H,7,9-11H2,1-2H3/t14-/m0/s1. The Morgan fingerprint density at radius 3 is 3.00 bits per heavy atom. The molecule has 0 aliphatic carbocycles. The van der Waals surface area contributed by atoms with E-state index in [4.69, 9.17) is 4.74 Å². The summed E-state index contributed by atoms with van der Waals surface area (Å²) in [6.45, 7) is 4.35. The average molecular weight is 301 g/mol. The maximum absolute atomic E-state index is 14.2. The van der Waals surface area contributed by atoms with E-state index in [1.54, 1.807) is 6.07 Å². The van der Waals surface area contributed by atoms with E-state index in [-0.39, 0.29) is 5.82 Å². The van der Waals surface area contributed by atoms with Crippen LogP contribution in [0.15, 0.2) is 30.5 Å². The summed E-state index contributed by atoms with van der Waals surface area (Å²) in [5.74, 6) is 1.26. The summed E-state index contributed by atoms with van der Waals surface area (Å²) in [7, 11) is 1.49. The molecule has 3 rings (SSSR count). The fraction of sp³-hybridized carbons (Fsp3) is 0.412. The van der Waals surface area contributed by atoms with Gasteiger partial charge in [0.05, 0.1) is 7.11 Å². The van der Waals surface area contributed by atoms with Crippen LogP contribution in [-0.4, -0.2) is 35.1 Å². The van der Waals surface area contributed by atoms with Crippen molar-refractivity contribution in [3.63, 3.8) is 0 Å². The summed E-state index contributed by atoms with van der Waals surface area (Å²) in [6.07, 6.45) is 2.82. The molecule has 5 heteroatoms. The Morgan fingerprint density at radius 1 is 1.36 bits per heavy atom. The van der Waals surface area contributed by atoms with Gasteiger partial charge in [-0.3, -0.25) is 4.90 Å². The maximum atomic E-state index is 14.2. The minimum absolute atomic E-state index is 0.264. The Labute approximate surface area is 130 Å². The minimum atomic E-state index is -0.264. The van der Waals surface area contributed by atoms with E-state index in [1.165, 1.54) is 7.11 Å². The van der Waals surface area contributed by atoms with Crippen LogP contribution >= 0.6 is 0 Å². The first-order valence-corrected chi connectivity index (χ1v) is 7.50. The molecule has 1 aliphatic rings. The van der Waals surface area contributed by atoms with Crippen LogP contribution in [0.4, 0.5) is 4.39 Å². The molecule has 0 N–H and O–H groups in total. The van der Waals surface area contributed by atoms with Gasteiger partial charge in [-0.05, 0) is 32.0 Å². The predicted octanol–water partition coefficient (Wildman–Crippen LogP) is 2.92. The van der Waals surface area contributed by atoms with Crippen LogP contribution in [0.1, 0.15) is 29.4 Å². The van der Waals surface area contributed by atoms with E-state index < -0.39 is 0 Å². The summed E-state index contributed by atoms with van der Waals surface area (Å²) in [5.41, 5.74) is 1.66. The number of methoxy groups -OCH3 is 1. The monoisotopic (exact) mass is 301 g/mol. The van der Waals surface area contributed by atoms with Gasteiger partial charge in [-0.2, -0.15) is 0 Å². The molecule has 1 fully saturated rings. The molecule has 0 spiro atoms. The highest BCUT2D eigenvalue weighted by molar-refractivity contribution is 5.31. The molecular weight excluding hydrogens is 281 g/mol. The van der Waals surface area contributed by atoms with Crippen molar-refractivity contribution in [2.45, 2.75) is 25.8 Å². The molecule has 2 aromatic rings. The number of hydrogen-bond acceptors (Lipinski definition) is 4. The van der Waals surface area contributed by atoms with E-state index in [0.717, 1.165) is 31.0 Å². The highest BCUT2D eigenvalue weighted by Crippen LogP contribution is 2.27. The number of benzene rings is 1. The number of rotatable bonds is 4. The third-order valence-electron chi connectivity index (χ3n) is 4.11. The van der Waals surface area contributed by atoms with E-state index in [9.17, 15) is 4.39 Å². The number of hydrogen-bond donors (Lipinski definition) is 0. The zero-order chi connectivity index (χ0) is 15.5. The number of halogens is 1. The molecule has 1 aliphatic heterocycles. The van der Waals surface area contributed by atoms with Crippen LogP contribution in [0.25, 0.3) is 0 Å². The van der Waals surface area contributed by atoms with Crippen molar-refractivity contribution in [2.75, 3.05) is 20.2 Å². The average Bonchev–Trinajstić information content (AvgIpc) is 2.98. The molecule has 4 nitrogen and oxygen atoms in total. The molecular formula is C17H20FN3O. The van der Waals surface area contributed by atoms with E-state index in [2.05, 4.69) is 14.9 Å². The molecule has 1 aromatic heterocycles. The first-order chi connectivity index (χ1) is 10.7. The van der Waals surface area contributed by atoms with Gasteiger partial charge in [-0.1, -0.05) is 12.1 Å². The van der Waals surface area contributed by atoms with E-state index in [1.807, 2.05) is 31.3 Å². The van der Waals surface area contributed by atoms with Crippen LogP contribution in [0.5, 0.6) is 5.75 Å². The van der Waals surface area contributed by atoms with Crippen LogP contribution in [0, 0.1) is 12.7 Å². The molecule has 0 amide bonds. The van der Waals surface area contributed by atoms with E-state index >= 15 is 0 Å². The summed E-state index contributed by atoms with van der Waals surface area (Å²) in [6, 6.07) is 7.19. The van der Waals surface area contributed by atoms with Crippen LogP contribution < -0.4 is 4.74 Å². The Bertz CT molecular complexity index is 662. The molecule has 0 bridgehead atoms. The second-order valence-electron chi connectivity index (χ2n) is 5.71. The Balaban J connectivity index is 1.69. The van der Waals surface area contributed by atoms with Gasteiger partial charge in [0.2, 0.25) is 0 Å². The molecule has 116 valence electrons. The predicted molar refractivity (Wildman–Crippen MR) is 82.4 cm³/mol. The quantitative estimate of drug-likeness (QED) is 0.870. The third kappa shape index (κ3) is 3.09. The molecule has 1 atom stereocenters. The number of nitrogens with zero attached hydrogens (tertiary/aromatic N) is 3. The Kier molecular flexibility index (Phi) is 4.34. The lowest BCUT2D eigenvalue weighted by Crippen LogP contribution is -2.21. The lowest BCUT2D eigenvalue weighted by Gasteiger charge is -2.17. The van der Waals surface area contributed by atoms with Crippen molar-refractivity contribution in [1.29, 1.82) is 0 Å². The number of likely N-dealkylation sites (tertiary alicyclic amines) is 1. The largest absolute Gasteiger partial charge is 0.494 e. The van der Waals surface area contributed by atoms with Crippen LogP contribution in [0.3, 0.4) is 0 Å². The first-order valence-electron chi connectivity index (χ1n) is 7.50. The molecule has 22 heavy (non-hydrogen) atoms. The number of aryl methyl sites for hydroxylation is 1. The minimum Gasteiger partial charge on any atom is -0.494 e. The second-order valence-corrected chi connectivity index (χ2v) is 5.71. The number of ether oxygens (including phenoxy) is 1. The molecule has 0 unspecified atom stereocenters. The molecule has 0 saturated carbocycles. The lowest BCUT2D eigenvalue weighted by atomic mass is 10.1. The van der Waals surface area contributed by atoms with Gasteiger partial charge in [0.15, 0.2) is 11.6 Å². The summed E-state index contributed by atoms with van der Waals surface area (Å²) >= 11 is 0. The molecule has 1 aromatic carbocycles. The Morgan fingerprint density at radius 2 is 2.23 bits per heavy atom. The number of aromatic nitrogens is 2. The van der Waals surface area contributed by atoms with Gasteiger partial charge >= 0.3 is 0 Å². The topological polar surface area (TPSA) is 38.2 Å². The highest BCUT2D eigenvalue weighted by Gasteiger charge is 2.26. The zero-order valence-corrected chi connectivity index (χ0v) is 12.9. The van der Waals surface area contributed by atoms with Crippen molar-refractivity contribution < 1.29 is 9.13 Å². The zero-order valence-electron chi connectivity index (χ0n) is 12.9. The van der Waals surface area contributed by atoms with Crippen LogP contribution in [-0.2, 0) is 6.54 Å². The van der Waals surface area contributed by atoms with Gasteiger partial charge in [-0.15, -0.1) is 0 Å². The van der Waals surface area contributed by atoms with Crippen molar-refractivity contribution in [3.8, 4) is 5.75 Å². The van der Waals surface area contributed by atoms with E-state index in [0.29, 0.717) is 23.8 Å². The highest BCUT2D eigenvalue weighted by atomic mass is 19.1. The lowest BCUT2D eigenvalue weighted by molar-refractivity contribution is 0.315. The summed E-state index contributed by atoms with van der Waals surface area (Å²) in [5, 5.41) is 0. The second kappa shape index (κ2) is 6.40. The SMILES string of the molecule is COc1cccc(CN2CC[C@H](c3nccc(C)n3)C2)c1F. The van der Waals surface area contributed by atoms with Crippen molar-refractivity contribution >= 4 is 0 Å². The fourth-order valence-corrected chi connectivity index (χ4v) is 2.93. The molecule has 1 saturated heterocycles. The first kappa shape index (κ1) is 14.9. The molecule has 2 heterocycles.